The smallest absolute Gasteiger partial charge is 0.408 e. The van der Waals surface area contributed by atoms with Crippen LogP contribution in [-0.2, 0) is 35.3 Å². The fourth-order valence-corrected chi connectivity index (χ4v) is 3.91. The second-order valence-corrected chi connectivity index (χ2v) is 8.00. The number of carbonyl (C=O) groups excluding carboxylic acids is 5. The molecule has 3 rings (SSSR count). The number of hydrazine groups is 1. The highest BCUT2D eigenvalue weighted by Crippen LogP contribution is 2.25. The number of hydrogen-bond acceptors (Lipinski definition) is 7. The first-order valence-corrected chi connectivity index (χ1v) is 10.9. The van der Waals surface area contributed by atoms with Gasteiger partial charge in [0, 0.05) is 13.0 Å². The van der Waals surface area contributed by atoms with Gasteiger partial charge in [0.25, 0.3) is 5.91 Å². The highest BCUT2D eigenvalue weighted by atomic mass is 16.5. The number of aliphatic carboxylic acids is 1. The molecule has 3 atom stereocenters. The first-order chi connectivity index (χ1) is 16.3. The van der Waals surface area contributed by atoms with Gasteiger partial charge in [0.2, 0.25) is 11.8 Å². The summed E-state index contributed by atoms with van der Waals surface area (Å²) in [5.41, 5.74) is 0.755. The molecule has 2 aliphatic rings. The highest BCUT2D eigenvalue weighted by Gasteiger charge is 2.45. The second-order valence-electron chi connectivity index (χ2n) is 8.00. The molecule has 3 unspecified atom stereocenters. The number of hydrogen-bond donors (Lipinski definition) is 3. The van der Waals surface area contributed by atoms with E-state index in [1.54, 1.807) is 24.3 Å². The van der Waals surface area contributed by atoms with Crippen molar-refractivity contribution in [2.75, 3.05) is 6.54 Å². The molecule has 2 aliphatic heterocycles. The number of nitrogens with zero attached hydrogens (tertiary/aromatic N) is 2. The lowest BCUT2D eigenvalue weighted by Gasteiger charge is -2.43. The summed E-state index contributed by atoms with van der Waals surface area (Å²) in [4.78, 5) is 73.2. The molecule has 3 N–H and O–H groups in total. The summed E-state index contributed by atoms with van der Waals surface area (Å²) >= 11 is 0. The van der Waals surface area contributed by atoms with Crippen LogP contribution in [-0.4, -0.2) is 75.9 Å². The lowest BCUT2D eigenvalue weighted by atomic mass is 10.0. The predicted octanol–water partition coefficient (Wildman–Crippen LogP) is -0.0318. The Hall–Kier alpha value is -3.96. The molecule has 2 fully saturated rings. The molecule has 0 aliphatic carbocycles. The Labute approximate surface area is 195 Å². The fraction of sp³-hybridized carbons (Fsp3) is 0.455. The maximum Gasteiger partial charge on any atom is 0.408 e. The van der Waals surface area contributed by atoms with E-state index in [2.05, 4.69) is 10.6 Å². The summed E-state index contributed by atoms with van der Waals surface area (Å²) in [6.07, 6.45) is -0.541. The molecule has 1 aromatic rings. The lowest BCUT2D eigenvalue weighted by molar-refractivity contribution is -0.176. The van der Waals surface area contributed by atoms with Gasteiger partial charge in [-0.25, -0.2) is 9.80 Å². The molecule has 12 heteroatoms. The molecule has 1 aromatic carbocycles. The minimum atomic E-state index is -1.28. The summed E-state index contributed by atoms with van der Waals surface area (Å²) in [5.74, 6) is -3.08. The van der Waals surface area contributed by atoms with Crippen LogP contribution in [0.3, 0.4) is 0 Å². The van der Waals surface area contributed by atoms with Crippen LogP contribution in [0, 0.1) is 0 Å². The third-order valence-electron chi connectivity index (χ3n) is 5.56. The maximum absolute atomic E-state index is 13.3. The molecule has 182 valence electrons. The number of nitrogens with one attached hydrogen (secondary N) is 2. The third-order valence-corrected chi connectivity index (χ3v) is 5.56. The number of aldehydes is 1. The molecule has 4 amide bonds. The average molecular weight is 474 g/mol. The van der Waals surface area contributed by atoms with Crippen LogP contribution in [0.2, 0.25) is 0 Å². The monoisotopic (exact) mass is 474 g/mol. The van der Waals surface area contributed by atoms with Crippen LogP contribution in [0.5, 0.6) is 0 Å². The summed E-state index contributed by atoms with van der Waals surface area (Å²) in [5, 5.41) is 15.9. The quantitative estimate of drug-likeness (QED) is 0.442. The molecule has 2 saturated heterocycles. The minimum absolute atomic E-state index is 0.00988. The predicted molar refractivity (Wildman–Crippen MR) is 115 cm³/mol. The Morgan fingerprint density at radius 1 is 1.18 bits per heavy atom. The van der Waals surface area contributed by atoms with E-state index in [1.807, 2.05) is 6.07 Å². The number of carboxylic acids is 1. The van der Waals surface area contributed by atoms with Crippen LogP contribution < -0.4 is 10.6 Å². The first-order valence-electron chi connectivity index (χ1n) is 10.9. The molecule has 34 heavy (non-hydrogen) atoms. The van der Waals surface area contributed by atoms with E-state index in [0.29, 0.717) is 12.7 Å². The molecule has 0 spiro atoms. The van der Waals surface area contributed by atoms with Crippen LogP contribution in [0.25, 0.3) is 0 Å². The van der Waals surface area contributed by atoms with E-state index in [-0.39, 0.29) is 38.3 Å². The van der Waals surface area contributed by atoms with Crippen LogP contribution in [0.15, 0.2) is 30.3 Å². The van der Waals surface area contributed by atoms with Crippen molar-refractivity contribution in [3.63, 3.8) is 0 Å². The number of rotatable bonds is 8. The number of ether oxygens (including phenoxy) is 1. The van der Waals surface area contributed by atoms with Gasteiger partial charge in [0.15, 0.2) is 0 Å². The van der Waals surface area contributed by atoms with Gasteiger partial charge in [-0.2, -0.15) is 0 Å². The normalized spacial score (nSPS) is 21.1. The number of fused-ring (bicyclic) bond motifs is 1. The average Bonchev–Trinajstić information content (AvgIpc) is 2.94. The SMILES string of the molecule is O=CC(CC(=O)O)NC(=O)C1CCCN2C(=O)CCC(NC(=O)OCc3ccccc3)C(=O)N12. The Balaban J connectivity index is 1.71. The van der Waals surface area contributed by atoms with Crippen LogP contribution >= 0.6 is 0 Å². The number of carbonyl (C=O) groups is 6. The van der Waals surface area contributed by atoms with Gasteiger partial charge in [0.1, 0.15) is 25.0 Å². The molecular weight excluding hydrogens is 448 g/mol. The molecule has 12 nitrogen and oxygen atoms in total. The zero-order valence-electron chi connectivity index (χ0n) is 18.3. The summed E-state index contributed by atoms with van der Waals surface area (Å²) < 4.78 is 5.17. The van der Waals surface area contributed by atoms with Gasteiger partial charge >= 0.3 is 12.1 Å². The number of alkyl carbamates (subject to hydrolysis) is 1. The lowest BCUT2D eigenvalue weighted by Crippen LogP contribution is -2.64. The highest BCUT2D eigenvalue weighted by molar-refractivity contribution is 5.95. The minimum Gasteiger partial charge on any atom is -0.481 e. The Kier molecular flexibility index (Phi) is 8.17. The van der Waals surface area contributed by atoms with Crippen molar-refractivity contribution in [3.05, 3.63) is 35.9 Å². The van der Waals surface area contributed by atoms with E-state index >= 15 is 0 Å². The Morgan fingerprint density at radius 3 is 2.59 bits per heavy atom. The van der Waals surface area contributed by atoms with E-state index in [0.717, 1.165) is 10.6 Å². The van der Waals surface area contributed by atoms with Crippen LogP contribution in [0.4, 0.5) is 4.79 Å². The number of amides is 4. The zero-order chi connectivity index (χ0) is 24.7. The number of benzene rings is 1. The van der Waals surface area contributed by atoms with Gasteiger partial charge in [0.05, 0.1) is 12.5 Å². The van der Waals surface area contributed by atoms with E-state index in [4.69, 9.17) is 9.84 Å². The van der Waals surface area contributed by atoms with Crippen molar-refractivity contribution in [3.8, 4) is 0 Å². The molecule has 0 radical (unpaired) electrons. The van der Waals surface area contributed by atoms with Crippen molar-refractivity contribution in [1.82, 2.24) is 20.7 Å². The molecular formula is C22H26N4O8. The largest absolute Gasteiger partial charge is 0.481 e. The van der Waals surface area contributed by atoms with Gasteiger partial charge in [-0.1, -0.05) is 30.3 Å². The van der Waals surface area contributed by atoms with Crippen molar-refractivity contribution in [1.29, 1.82) is 0 Å². The maximum atomic E-state index is 13.3. The summed E-state index contributed by atoms with van der Waals surface area (Å²) in [6.45, 7) is 0.204. The van der Waals surface area contributed by atoms with Crippen LogP contribution in [0.1, 0.15) is 37.7 Å². The number of carboxylic acid groups (broad SMARTS) is 1. The molecule has 0 aromatic heterocycles. The molecule has 0 bridgehead atoms. The Morgan fingerprint density at radius 2 is 1.91 bits per heavy atom. The zero-order valence-corrected chi connectivity index (χ0v) is 18.3. The summed E-state index contributed by atoms with van der Waals surface area (Å²) in [7, 11) is 0. The summed E-state index contributed by atoms with van der Waals surface area (Å²) in [6, 6.07) is 5.43. The van der Waals surface area contributed by atoms with Crippen molar-refractivity contribution in [2.45, 2.75) is 56.8 Å². The molecule has 0 saturated carbocycles. The second kappa shape index (κ2) is 11.3. The van der Waals surface area contributed by atoms with E-state index < -0.39 is 48.4 Å². The fourth-order valence-electron chi connectivity index (χ4n) is 3.91. The van der Waals surface area contributed by atoms with E-state index in [9.17, 15) is 28.8 Å². The van der Waals surface area contributed by atoms with Crippen molar-refractivity contribution >= 4 is 36.1 Å². The third kappa shape index (κ3) is 6.09. The standard InChI is InChI=1S/C22H26N4O8/c27-12-15(11-19(29)30)23-20(31)17-7-4-10-25-18(28)9-8-16(21(32)26(17)25)24-22(33)34-13-14-5-2-1-3-6-14/h1-3,5-6,12,15-17H,4,7-11,13H2,(H,23,31)(H,24,33)(H,29,30). The van der Waals surface area contributed by atoms with Gasteiger partial charge in [-0.05, 0) is 24.8 Å². The van der Waals surface area contributed by atoms with E-state index in [1.165, 1.54) is 5.01 Å². The van der Waals surface area contributed by atoms with Gasteiger partial charge < -0.3 is 25.3 Å². The first kappa shape index (κ1) is 24.7. The van der Waals surface area contributed by atoms with Gasteiger partial charge in [-0.15, -0.1) is 0 Å². The Bertz CT molecular complexity index is 953. The van der Waals surface area contributed by atoms with Crippen molar-refractivity contribution < 1.29 is 38.6 Å². The van der Waals surface area contributed by atoms with Crippen molar-refractivity contribution in [2.24, 2.45) is 0 Å². The topological polar surface area (TPSA) is 162 Å². The van der Waals surface area contributed by atoms with Gasteiger partial charge in [-0.3, -0.25) is 24.2 Å². The molecule has 2 heterocycles.